The van der Waals surface area contributed by atoms with Crippen molar-refractivity contribution in [2.45, 2.75) is 0 Å². The molecule has 0 unspecified atom stereocenters. The van der Waals surface area contributed by atoms with Gasteiger partial charge in [-0.25, -0.2) is 0 Å². The van der Waals surface area contributed by atoms with Crippen LogP contribution in [0.5, 0.6) is 0 Å². The van der Waals surface area contributed by atoms with Gasteiger partial charge in [0.25, 0.3) is 5.09 Å². The van der Waals surface area contributed by atoms with E-state index in [9.17, 15) is 0 Å². The normalized spacial score (nSPS) is 5.90. The zero-order chi connectivity index (χ0) is 8.57. The van der Waals surface area contributed by atoms with Gasteiger partial charge in [-0.15, -0.1) is 15.1 Å². The molecule has 8 heteroatoms. The quantitative estimate of drug-likeness (QED) is 0.123. The van der Waals surface area contributed by atoms with E-state index in [0.717, 1.165) is 0 Å². The first-order valence-electron chi connectivity index (χ1n) is 1.81. The number of hydrogen-bond acceptors (Lipinski definition) is 4. The van der Waals surface area contributed by atoms with Crippen LogP contribution in [-0.2, 0) is 0 Å². The lowest BCUT2D eigenvalue weighted by Crippen LogP contribution is -2.21. The predicted octanol–water partition coefficient (Wildman–Crippen LogP) is -1.61. The van der Waals surface area contributed by atoms with E-state index in [2.05, 4.69) is 4.99 Å². The summed E-state index contributed by atoms with van der Waals surface area (Å²) in [4.78, 5) is 11.3. The fourth-order valence-electron chi connectivity index (χ4n) is 0.0577. The van der Waals surface area contributed by atoms with Crippen LogP contribution in [0.3, 0.4) is 0 Å². The molecule has 0 atom stereocenters. The van der Waals surface area contributed by atoms with Crippen molar-refractivity contribution in [3.05, 3.63) is 10.1 Å². The van der Waals surface area contributed by atoms with Gasteiger partial charge in [0.15, 0.2) is 0 Å². The number of nitrogens with two attached hydrogens (primary N) is 2. The SMILES string of the molecule is N#CN=C(N)N.O=[N+]([O-])O. The van der Waals surface area contributed by atoms with Crippen molar-refractivity contribution < 1.29 is 10.3 Å². The zero-order valence-electron chi connectivity index (χ0n) is 4.76. The fraction of sp³-hybridized carbons (Fsp3) is 0. The van der Waals surface area contributed by atoms with Crippen molar-refractivity contribution in [2.75, 3.05) is 0 Å². The monoisotopic (exact) mass is 147 g/mol. The molecule has 0 heterocycles. The summed E-state index contributed by atoms with van der Waals surface area (Å²) in [5.74, 6) is -0.197. The molecule has 0 aliphatic heterocycles. The molecule has 0 amide bonds. The lowest BCUT2D eigenvalue weighted by atomic mass is 11.1. The molecule has 0 fully saturated rings. The minimum absolute atomic E-state index is 0.197. The van der Waals surface area contributed by atoms with E-state index in [1.54, 1.807) is 0 Å². The maximum absolute atomic E-state index is 8.36. The second-order valence-corrected chi connectivity index (χ2v) is 0.875. The molecular weight excluding hydrogens is 142 g/mol. The third-order valence-corrected chi connectivity index (χ3v) is 0.179. The van der Waals surface area contributed by atoms with Gasteiger partial charge in [0, 0.05) is 0 Å². The van der Waals surface area contributed by atoms with Crippen LogP contribution in [0.25, 0.3) is 0 Å². The number of nitriles is 1. The second kappa shape index (κ2) is 6.96. The summed E-state index contributed by atoms with van der Waals surface area (Å²) in [7, 11) is 0. The first-order chi connectivity index (χ1) is 4.50. The number of aliphatic imine (C=N–C) groups is 1. The van der Waals surface area contributed by atoms with Gasteiger partial charge < -0.3 is 16.7 Å². The minimum atomic E-state index is -1.50. The van der Waals surface area contributed by atoms with E-state index < -0.39 is 5.09 Å². The molecule has 0 aromatic heterocycles. The molecule has 8 nitrogen and oxygen atoms in total. The fourth-order valence-corrected chi connectivity index (χ4v) is 0.0577. The number of nitrogens with zero attached hydrogens (tertiary/aromatic N) is 3. The summed E-state index contributed by atoms with van der Waals surface area (Å²) in [6.07, 6.45) is 1.41. The Labute approximate surface area is 55.5 Å². The van der Waals surface area contributed by atoms with Crippen LogP contribution >= 0.6 is 0 Å². The lowest BCUT2D eigenvalue weighted by molar-refractivity contribution is -0.742. The van der Waals surface area contributed by atoms with E-state index in [4.69, 9.17) is 32.1 Å². The van der Waals surface area contributed by atoms with Gasteiger partial charge in [0.05, 0.1) is 0 Å². The minimum Gasteiger partial charge on any atom is -0.369 e. The highest BCUT2D eigenvalue weighted by molar-refractivity contribution is 5.76. The number of rotatable bonds is 0. The third-order valence-electron chi connectivity index (χ3n) is 0.179. The Hall–Kier alpha value is -2.04. The largest absolute Gasteiger partial charge is 0.369 e. The smallest absolute Gasteiger partial charge is 0.291 e. The van der Waals surface area contributed by atoms with Crippen LogP contribution in [0, 0.1) is 21.6 Å². The van der Waals surface area contributed by atoms with Crippen molar-refractivity contribution in [2.24, 2.45) is 16.5 Å². The Morgan fingerprint density at radius 1 is 1.80 bits per heavy atom. The van der Waals surface area contributed by atoms with Crippen molar-refractivity contribution in [3.8, 4) is 6.19 Å². The van der Waals surface area contributed by atoms with E-state index in [0.29, 0.717) is 0 Å². The molecule has 0 aromatic rings. The number of hydrogen-bond donors (Lipinski definition) is 3. The van der Waals surface area contributed by atoms with Crippen molar-refractivity contribution in [1.82, 2.24) is 0 Å². The molecule has 10 heavy (non-hydrogen) atoms. The summed E-state index contributed by atoms with van der Waals surface area (Å²) in [5.41, 5.74) is 9.42. The van der Waals surface area contributed by atoms with Crippen LogP contribution in [0.1, 0.15) is 0 Å². The molecular formula is C2H5N5O3. The maximum Gasteiger partial charge on any atom is 0.291 e. The molecule has 56 valence electrons. The average molecular weight is 147 g/mol. The molecule has 0 aliphatic carbocycles. The first kappa shape index (κ1) is 10.9. The Morgan fingerprint density at radius 2 is 2.10 bits per heavy atom. The van der Waals surface area contributed by atoms with Gasteiger partial charge in [0.2, 0.25) is 12.2 Å². The van der Waals surface area contributed by atoms with Gasteiger partial charge in [-0.1, -0.05) is 0 Å². The molecule has 0 rings (SSSR count). The summed E-state index contributed by atoms with van der Waals surface area (Å²) >= 11 is 0. The highest BCUT2D eigenvalue weighted by Gasteiger charge is 1.67. The van der Waals surface area contributed by atoms with E-state index in [1.807, 2.05) is 0 Å². The molecule has 5 N–H and O–H groups in total. The predicted molar refractivity (Wildman–Crippen MR) is 30.2 cm³/mol. The van der Waals surface area contributed by atoms with E-state index >= 15 is 0 Å². The van der Waals surface area contributed by atoms with Gasteiger partial charge >= 0.3 is 0 Å². The highest BCUT2D eigenvalue weighted by atomic mass is 16.9. The zero-order valence-corrected chi connectivity index (χ0v) is 4.76. The van der Waals surface area contributed by atoms with Crippen LogP contribution in [0.2, 0.25) is 0 Å². The lowest BCUT2D eigenvalue weighted by Gasteiger charge is -1.74. The molecule has 0 saturated heterocycles. The van der Waals surface area contributed by atoms with Crippen molar-refractivity contribution in [1.29, 1.82) is 5.26 Å². The average Bonchev–Trinajstić information content (AvgIpc) is 1.62. The summed E-state index contributed by atoms with van der Waals surface area (Å²) in [6, 6.07) is 0. The Kier molecular flexibility index (Phi) is 7.56. The van der Waals surface area contributed by atoms with Gasteiger partial charge in [-0.05, 0) is 0 Å². The van der Waals surface area contributed by atoms with E-state index in [1.165, 1.54) is 6.19 Å². The van der Waals surface area contributed by atoms with Crippen LogP contribution in [0.15, 0.2) is 4.99 Å². The van der Waals surface area contributed by atoms with Crippen molar-refractivity contribution in [3.63, 3.8) is 0 Å². The highest BCUT2D eigenvalue weighted by Crippen LogP contribution is 1.49. The molecule has 0 saturated carbocycles. The standard InChI is InChI=1S/C2H4N4.HNO3/c3-1-6-2(4)5;2-1(3)4/h(H4,4,5,6);(H,2,3,4). The van der Waals surface area contributed by atoms with Gasteiger partial charge in [-0.2, -0.15) is 5.26 Å². The molecule has 0 spiro atoms. The maximum atomic E-state index is 8.36. The van der Waals surface area contributed by atoms with Crippen molar-refractivity contribution >= 4 is 5.96 Å². The molecule has 0 aromatic carbocycles. The summed E-state index contributed by atoms with van der Waals surface area (Å²) < 4.78 is 0. The second-order valence-electron chi connectivity index (χ2n) is 0.875. The first-order valence-corrected chi connectivity index (χ1v) is 1.81. The topological polar surface area (TPSA) is 152 Å². The molecule has 0 bridgehead atoms. The van der Waals surface area contributed by atoms with E-state index in [-0.39, 0.29) is 5.96 Å². The van der Waals surface area contributed by atoms with Gasteiger partial charge in [-0.3, -0.25) is 0 Å². The summed E-state index contributed by atoms with van der Waals surface area (Å²) in [5, 5.41) is 21.3. The third kappa shape index (κ3) is 159. The number of guanidine groups is 1. The Morgan fingerprint density at radius 3 is 2.10 bits per heavy atom. The van der Waals surface area contributed by atoms with Crippen LogP contribution in [-0.4, -0.2) is 16.3 Å². The molecule has 0 radical (unpaired) electrons. The summed E-state index contributed by atoms with van der Waals surface area (Å²) in [6.45, 7) is 0. The molecule has 0 aliphatic rings. The van der Waals surface area contributed by atoms with Gasteiger partial charge in [0.1, 0.15) is 0 Å². The van der Waals surface area contributed by atoms with Crippen LogP contribution < -0.4 is 11.5 Å². The Balaban J connectivity index is 0. The van der Waals surface area contributed by atoms with Crippen LogP contribution in [0.4, 0.5) is 0 Å². The Bertz CT molecular complexity index is 160.